The fraction of sp³-hybridized carbons (Fsp3) is 0.150. The highest BCUT2D eigenvalue weighted by atomic mass is 16.4. The van der Waals surface area contributed by atoms with E-state index in [1.165, 1.54) is 12.1 Å². The predicted molar refractivity (Wildman–Crippen MR) is 95.5 cm³/mol. The monoisotopic (exact) mass is 351 g/mol. The normalized spacial score (nSPS) is 10.7. The van der Waals surface area contributed by atoms with Gasteiger partial charge in [-0.1, -0.05) is 6.07 Å². The van der Waals surface area contributed by atoms with Crippen LogP contribution in [0.25, 0.3) is 22.8 Å². The molecule has 0 bridgehead atoms. The Balaban J connectivity index is 2.05. The molecule has 132 valence electrons. The molecule has 2 aromatic carbocycles. The minimum absolute atomic E-state index is 0.188. The van der Waals surface area contributed by atoms with Gasteiger partial charge < -0.3 is 14.6 Å². The summed E-state index contributed by atoms with van der Waals surface area (Å²) < 4.78 is 5.92. The van der Waals surface area contributed by atoms with E-state index in [-0.39, 0.29) is 11.1 Å². The zero-order chi connectivity index (χ0) is 19.0. The summed E-state index contributed by atoms with van der Waals surface area (Å²) in [7, 11) is 0. The Bertz CT molecular complexity index is 1020. The lowest BCUT2D eigenvalue weighted by atomic mass is 9.96. The molecule has 6 nitrogen and oxygen atoms in total. The molecule has 6 heteroatoms. The van der Waals surface area contributed by atoms with E-state index >= 15 is 0 Å². The number of oxazole rings is 1. The second kappa shape index (κ2) is 6.48. The molecule has 0 fully saturated rings. The number of nitrogens with zero attached hydrogens (tertiary/aromatic N) is 1. The van der Waals surface area contributed by atoms with Crippen molar-refractivity contribution in [1.82, 2.24) is 4.98 Å². The summed E-state index contributed by atoms with van der Waals surface area (Å²) in [6.45, 7) is 5.42. The summed E-state index contributed by atoms with van der Waals surface area (Å²) in [5.74, 6) is -1.01. The largest absolute Gasteiger partial charge is 0.478 e. The van der Waals surface area contributed by atoms with Gasteiger partial charge in [-0.15, -0.1) is 0 Å². The van der Waals surface area contributed by atoms with E-state index in [2.05, 4.69) is 4.98 Å². The number of rotatable bonds is 4. The van der Waals surface area contributed by atoms with Crippen LogP contribution < -0.4 is 0 Å². The average molecular weight is 351 g/mol. The second-order valence-electron chi connectivity index (χ2n) is 6.03. The van der Waals surface area contributed by atoms with E-state index in [4.69, 9.17) is 9.52 Å². The van der Waals surface area contributed by atoms with Crippen LogP contribution in [0.5, 0.6) is 0 Å². The predicted octanol–water partition coefficient (Wildman–Crippen LogP) is 4.33. The van der Waals surface area contributed by atoms with Gasteiger partial charge >= 0.3 is 11.9 Å². The number of aromatic nitrogens is 1. The Labute approximate surface area is 149 Å². The summed E-state index contributed by atoms with van der Waals surface area (Å²) >= 11 is 0. The van der Waals surface area contributed by atoms with Crippen molar-refractivity contribution < 1.29 is 24.2 Å². The average Bonchev–Trinajstić information content (AvgIpc) is 2.98. The molecule has 0 atom stereocenters. The third-order valence-electron chi connectivity index (χ3n) is 4.44. The minimum Gasteiger partial charge on any atom is -0.478 e. The number of benzene rings is 2. The molecular weight excluding hydrogens is 334 g/mol. The van der Waals surface area contributed by atoms with Gasteiger partial charge in [0.25, 0.3) is 0 Å². The van der Waals surface area contributed by atoms with Gasteiger partial charge in [-0.05, 0) is 62.2 Å². The number of aromatic carboxylic acids is 2. The molecule has 0 unspecified atom stereocenters. The van der Waals surface area contributed by atoms with Crippen LogP contribution in [0.1, 0.15) is 37.5 Å². The maximum atomic E-state index is 11.3. The third kappa shape index (κ3) is 2.97. The van der Waals surface area contributed by atoms with Crippen LogP contribution in [0.15, 0.2) is 40.8 Å². The Morgan fingerprint density at radius 2 is 1.54 bits per heavy atom. The second-order valence-corrected chi connectivity index (χ2v) is 6.03. The standard InChI is InChI=1S/C20H17NO5/c1-10-11(2)16(20(24)25)9-8-15(10)17-12(3)21-18(26-17)13-4-6-14(7-5-13)19(22)23/h4-9H,1-3H3,(H,22,23)(H,24,25). The Morgan fingerprint density at radius 3 is 2.12 bits per heavy atom. The van der Waals surface area contributed by atoms with Crippen LogP contribution in [-0.2, 0) is 0 Å². The van der Waals surface area contributed by atoms with Crippen LogP contribution in [0.3, 0.4) is 0 Å². The van der Waals surface area contributed by atoms with Crippen molar-refractivity contribution in [3.63, 3.8) is 0 Å². The maximum Gasteiger partial charge on any atom is 0.335 e. The molecule has 0 saturated heterocycles. The number of aryl methyl sites for hydroxylation is 1. The van der Waals surface area contributed by atoms with Gasteiger partial charge in [-0.25, -0.2) is 14.6 Å². The van der Waals surface area contributed by atoms with Crippen molar-refractivity contribution in [2.24, 2.45) is 0 Å². The number of carboxylic acids is 2. The molecule has 0 spiro atoms. The molecule has 0 saturated carbocycles. The highest BCUT2D eigenvalue weighted by Crippen LogP contribution is 2.33. The van der Waals surface area contributed by atoms with Crippen LogP contribution >= 0.6 is 0 Å². The fourth-order valence-corrected chi connectivity index (χ4v) is 2.82. The minimum atomic E-state index is -0.995. The molecule has 26 heavy (non-hydrogen) atoms. The van der Waals surface area contributed by atoms with Gasteiger partial charge in [0, 0.05) is 11.1 Å². The number of hydrogen-bond acceptors (Lipinski definition) is 4. The first-order chi connectivity index (χ1) is 12.3. The lowest BCUT2D eigenvalue weighted by Gasteiger charge is -2.09. The van der Waals surface area contributed by atoms with Gasteiger partial charge in [0.05, 0.1) is 16.8 Å². The molecular formula is C20H17NO5. The molecule has 0 aliphatic carbocycles. The van der Waals surface area contributed by atoms with Crippen LogP contribution in [0.4, 0.5) is 0 Å². The van der Waals surface area contributed by atoms with Crippen molar-refractivity contribution in [2.75, 3.05) is 0 Å². The van der Waals surface area contributed by atoms with Gasteiger partial charge in [0.1, 0.15) is 0 Å². The van der Waals surface area contributed by atoms with Gasteiger partial charge in [-0.2, -0.15) is 0 Å². The molecule has 1 heterocycles. The van der Waals surface area contributed by atoms with E-state index in [0.29, 0.717) is 28.5 Å². The molecule has 2 N–H and O–H groups in total. The highest BCUT2D eigenvalue weighted by Gasteiger charge is 2.19. The lowest BCUT2D eigenvalue weighted by molar-refractivity contribution is 0.0685. The maximum absolute atomic E-state index is 11.3. The smallest absolute Gasteiger partial charge is 0.335 e. The van der Waals surface area contributed by atoms with E-state index in [1.807, 2.05) is 13.8 Å². The number of carbonyl (C=O) groups is 2. The first-order valence-electron chi connectivity index (χ1n) is 7.94. The van der Waals surface area contributed by atoms with Crippen molar-refractivity contribution >= 4 is 11.9 Å². The quantitative estimate of drug-likeness (QED) is 0.725. The zero-order valence-electron chi connectivity index (χ0n) is 14.5. The van der Waals surface area contributed by atoms with Crippen LogP contribution in [-0.4, -0.2) is 27.1 Å². The molecule has 0 amide bonds. The summed E-state index contributed by atoms with van der Waals surface area (Å²) in [5, 5.41) is 18.2. The van der Waals surface area contributed by atoms with Crippen LogP contribution in [0.2, 0.25) is 0 Å². The molecule has 1 aromatic heterocycles. The molecule has 0 radical (unpaired) electrons. The molecule has 3 aromatic rings. The lowest BCUT2D eigenvalue weighted by Crippen LogP contribution is -2.02. The van der Waals surface area contributed by atoms with E-state index in [9.17, 15) is 14.7 Å². The number of hydrogen-bond donors (Lipinski definition) is 2. The van der Waals surface area contributed by atoms with Crippen LogP contribution in [0, 0.1) is 20.8 Å². The van der Waals surface area contributed by atoms with Gasteiger partial charge in [0.15, 0.2) is 5.76 Å². The first-order valence-corrected chi connectivity index (χ1v) is 7.94. The summed E-state index contributed by atoms with van der Waals surface area (Å²) in [5.41, 5.74) is 4.07. The van der Waals surface area contributed by atoms with Gasteiger partial charge in [-0.3, -0.25) is 0 Å². The Hall–Kier alpha value is -3.41. The van der Waals surface area contributed by atoms with Crippen molar-refractivity contribution in [3.05, 3.63) is 64.3 Å². The third-order valence-corrected chi connectivity index (χ3v) is 4.44. The highest BCUT2D eigenvalue weighted by molar-refractivity contribution is 5.91. The van der Waals surface area contributed by atoms with E-state index in [0.717, 1.165) is 11.1 Å². The first kappa shape index (κ1) is 17.4. The van der Waals surface area contributed by atoms with Crippen molar-refractivity contribution in [2.45, 2.75) is 20.8 Å². The van der Waals surface area contributed by atoms with E-state index in [1.54, 1.807) is 31.2 Å². The summed E-state index contributed by atoms with van der Waals surface area (Å²) in [6.07, 6.45) is 0. The Kier molecular flexibility index (Phi) is 4.34. The Morgan fingerprint density at radius 1 is 0.885 bits per heavy atom. The fourth-order valence-electron chi connectivity index (χ4n) is 2.82. The summed E-state index contributed by atoms with van der Waals surface area (Å²) in [6, 6.07) is 9.55. The van der Waals surface area contributed by atoms with E-state index < -0.39 is 11.9 Å². The molecule has 0 aliphatic heterocycles. The van der Waals surface area contributed by atoms with Crippen molar-refractivity contribution in [3.8, 4) is 22.8 Å². The topological polar surface area (TPSA) is 101 Å². The summed E-state index contributed by atoms with van der Waals surface area (Å²) in [4.78, 5) is 26.7. The zero-order valence-corrected chi connectivity index (χ0v) is 14.5. The van der Waals surface area contributed by atoms with Gasteiger partial charge in [0.2, 0.25) is 5.89 Å². The molecule has 3 rings (SSSR count). The SMILES string of the molecule is Cc1nc(-c2ccc(C(=O)O)cc2)oc1-c1ccc(C(=O)O)c(C)c1C. The molecule has 0 aliphatic rings. The van der Waals surface area contributed by atoms with Crippen molar-refractivity contribution in [1.29, 1.82) is 0 Å². The number of carboxylic acid groups (broad SMARTS) is 2.